The van der Waals surface area contributed by atoms with Crippen molar-refractivity contribution in [3.8, 4) is 0 Å². The fourth-order valence-electron chi connectivity index (χ4n) is 2.14. The third kappa shape index (κ3) is 1.72. The SMILES string of the molecule is C=CC[C@H]1CCc2c(F)cccc2C1=O. The van der Waals surface area contributed by atoms with Crippen molar-refractivity contribution in [1.29, 1.82) is 0 Å². The summed E-state index contributed by atoms with van der Waals surface area (Å²) in [5.41, 5.74) is 1.15. The van der Waals surface area contributed by atoms with E-state index in [2.05, 4.69) is 6.58 Å². The molecule has 0 aromatic heterocycles. The van der Waals surface area contributed by atoms with Gasteiger partial charge in [0.15, 0.2) is 5.78 Å². The lowest BCUT2D eigenvalue weighted by Gasteiger charge is -2.22. The Kier molecular flexibility index (Phi) is 2.67. The van der Waals surface area contributed by atoms with Crippen molar-refractivity contribution in [2.24, 2.45) is 5.92 Å². The highest BCUT2D eigenvalue weighted by atomic mass is 19.1. The fraction of sp³-hybridized carbons (Fsp3) is 0.308. The van der Waals surface area contributed by atoms with Gasteiger partial charge in [0.1, 0.15) is 5.82 Å². The van der Waals surface area contributed by atoms with Crippen LogP contribution in [0.15, 0.2) is 30.9 Å². The molecule has 0 aliphatic heterocycles. The van der Waals surface area contributed by atoms with Crippen LogP contribution < -0.4 is 0 Å². The van der Waals surface area contributed by atoms with Crippen LogP contribution >= 0.6 is 0 Å². The Morgan fingerprint density at radius 2 is 2.33 bits per heavy atom. The zero-order valence-corrected chi connectivity index (χ0v) is 8.50. The molecule has 0 N–H and O–H groups in total. The lowest BCUT2D eigenvalue weighted by atomic mass is 9.81. The molecule has 1 aromatic rings. The second-order valence-electron chi connectivity index (χ2n) is 3.89. The van der Waals surface area contributed by atoms with E-state index in [4.69, 9.17) is 0 Å². The van der Waals surface area contributed by atoms with E-state index in [9.17, 15) is 9.18 Å². The molecule has 0 amide bonds. The summed E-state index contributed by atoms with van der Waals surface area (Å²) in [5, 5.41) is 0. The molecule has 1 atom stereocenters. The summed E-state index contributed by atoms with van der Waals surface area (Å²) in [4.78, 5) is 11.9. The Labute approximate surface area is 88.6 Å². The monoisotopic (exact) mass is 204 g/mol. The standard InChI is InChI=1S/C13H13FO/c1-2-4-9-7-8-10-11(13(9)15)5-3-6-12(10)14/h2-3,5-6,9H,1,4,7-8H2/t9-/m0/s1. The first-order valence-corrected chi connectivity index (χ1v) is 5.16. The van der Waals surface area contributed by atoms with Crippen LogP contribution in [0.5, 0.6) is 0 Å². The Morgan fingerprint density at radius 3 is 3.07 bits per heavy atom. The highest BCUT2D eigenvalue weighted by Crippen LogP contribution is 2.29. The van der Waals surface area contributed by atoms with E-state index >= 15 is 0 Å². The molecule has 1 aromatic carbocycles. The van der Waals surface area contributed by atoms with Crippen LogP contribution in [0.1, 0.15) is 28.8 Å². The molecule has 1 nitrogen and oxygen atoms in total. The first kappa shape index (κ1) is 10.1. The van der Waals surface area contributed by atoms with Gasteiger partial charge in [0.05, 0.1) is 0 Å². The van der Waals surface area contributed by atoms with Crippen molar-refractivity contribution in [3.63, 3.8) is 0 Å². The van der Waals surface area contributed by atoms with E-state index < -0.39 is 0 Å². The molecule has 1 aliphatic carbocycles. The summed E-state index contributed by atoms with van der Waals surface area (Å²) in [7, 11) is 0. The van der Waals surface area contributed by atoms with Crippen molar-refractivity contribution in [2.75, 3.05) is 0 Å². The summed E-state index contributed by atoms with van der Waals surface area (Å²) in [6.07, 6.45) is 3.84. The molecule has 0 fully saturated rings. The van der Waals surface area contributed by atoms with E-state index in [0.29, 0.717) is 24.0 Å². The highest BCUT2D eigenvalue weighted by Gasteiger charge is 2.27. The van der Waals surface area contributed by atoms with Gasteiger partial charge in [0, 0.05) is 11.5 Å². The van der Waals surface area contributed by atoms with Crippen LogP contribution in [0.2, 0.25) is 0 Å². The van der Waals surface area contributed by atoms with E-state index in [1.807, 2.05) is 0 Å². The first-order chi connectivity index (χ1) is 7.24. The average Bonchev–Trinajstić information content (AvgIpc) is 2.23. The number of hydrogen-bond donors (Lipinski definition) is 0. The molecular formula is C13H13FO. The maximum Gasteiger partial charge on any atom is 0.166 e. The molecule has 0 heterocycles. The summed E-state index contributed by atoms with van der Waals surface area (Å²) < 4.78 is 13.4. The molecular weight excluding hydrogens is 191 g/mol. The molecule has 0 bridgehead atoms. The summed E-state index contributed by atoms with van der Waals surface area (Å²) in [6, 6.07) is 4.73. The molecule has 0 saturated carbocycles. The van der Waals surface area contributed by atoms with Crippen molar-refractivity contribution in [1.82, 2.24) is 0 Å². The quantitative estimate of drug-likeness (QED) is 0.676. The second-order valence-corrected chi connectivity index (χ2v) is 3.89. The van der Waals surface area contributed by atoms with Crippen molar-refractivity contribution in [2.45, 2.75) is 19.3 Å². The minimum atomic E-state index is -0.252. The number of halogens is 1. The van der Waals surface area contributed by atoms with Gasteiger partial charge in [-0.2, -0.15) is 0 Å². The van der Waals surface area contributed by atoms with Crippen LogP contribution in [0.3, 0.4) is 0 Å². The number of allylic oxidation sites excluding steroid dienone is 1. The highest BCUT2D eigenvalue weighted by molar-refractivity contribution is 6.00. The summed E-state index contributed by atoms with van der Waals surface area (Å²) in [5.74, 6) is -0.189. The molecule has 78 valence electrons. The zero-order valence-electron chi connectivity index (χ0n) is 8.50. The van der Waals surface area contributed by atoms with E-state index in [1.165, 1.54) is 6.07 Å². The Morgan fingerprint density at radius 1 is 1.53 bits per heavy atom. The molecule has 2 rings (SSSR count). The zero-order chi connectivity index (χ0) is 10.8. The number of hydrogen-bond acceptors (Lipinski definition) is 1. The van der Waals surface area contributed by atoms with E-state index in [1.54, 1.807) is 18.2 Å². The minimum Gasteiger partial charge on any atom is -0.294 e. The molecule has 1 aliphatic rings. The number of ketones is 1. The second kappa shape index (κ2) is 3.97. The molecule has 0 spiro atoms. The van der Waals surface area contributed by atoms with Gasteiger partial charge in [-0.1, -0.05) is 18.2 Å². The van der Waals surface area contributed by atoms with Crippen LogP contribution in [0.4, 0.5) is 4.39 Å². The predicted octanol–water partition coefficient (Wildman–Crippen LogP) is 3.15. The van der Waals surface area contributed by atoms with E-state index in [-0.39, 0.29) is 17.5 Å². The maximum atomic E-state index is 13.4. The molecule has 2 heteroatoms. The van der Waals surface area contributed by atoms with Gasteiger partial charge in [-0.3, -0.25) is 4.79 Å². The number of benzene rings is 1. The van der Waals surface area contributed by atoms with Gasteiger partial charge in [-0.05, 0) is 30.9 Å². The molecule has 0 unspecified atom stereocenters. The van der Waals surface area contributed by atoms with Crippen LogP contribution in [0.25, 0.3) is 0 Å². The van der Waals surface area contributed by atoms with Crippen LogP contribution in [-0.2, 0) is 6.42 Å². The average molecular weight is 204 g/mol. The fourth-order valence-corrected chi connectivity index (χ4v) is 2.14. The lowest BCUT2D eigenvalue weighted by Crippen LogP contribution is -2.22. The summed E-state index contributed by atoms with van der Waals surface area (Å²) >= 11 is 0. The van der Waals surface area contributed by atoms with Crippen molar-refractivity contribution < 1.29 is 9.18 Å². The van der Waals surface area contributed by atoms with E-state index in [0.717, 1.165) is 6.42 Å². The lowest BCUT2D eigenvalue weighted by molar-refractivity contribution is 0.0902. The Bertz CT molecular complexity index is 409. The van der Waals surface area contributed by atoms with Crippen LogP contribution in [0, 0.1) is 11.7 Å². The largest absolute Gasteiger partial charge is 0.294 e. The third-order valence-electron chi connectivity index (χ3n) is 2.95. The summed E-state index contributed by atoms with van der Waals surface area (Å²) in [6.45, 7) is 3.64. The Balaban J connectivity index is 2.38. The van der Waals surface area contributed by atoms with Gasteiger partial charge in [-0.25, -0.2) is 4.39 Å². The minimum absolute atomic E-state index is 0.00296. The van der Waals surface area contributed by atoms with Crippen molar-refractivity contribution in [3.05, 3.63) is 47.8 Å². The number of fused-ring (bicyclic) bond motifs is 1. The van der Waals surface area contributed by atoms with Crippen LogP contribution in [-0.4, -0.2) is 5.78 Å². The Hall–Kier alpha value is -1.44. The number of Topliss-reactive ketones (excluding diaryl/α,β-unsaturated/α-hetero) is 1. The smallest absolute Gasteiger partial charge is 0.166 e. The molecule has 0 radical (unpaired) electrons. The number of rotatable bonds is 2. The van der Waals surface area contributed by atoms with Gasteiger partial charge >= 0.3 is 0 Å². The van der Waals surface area contributed by atoms with Gasteiger partial charge in [0.25, 0.3) is 0 Å². The molecule has 0 saturated heterocycles. The third-order valence-corrected chi connectivity index (χ3v) is 2.95. The predicted molar refractivity (Wildman–Crippen MR) is 57.4 cm³/mol. The van der Waals surface area contributed by atoms with Gasteiger partial charge < -0.3 is 0 Å². The first-order valence-electron chi connectivity index (χ1n) is 5.16. The van der Waals surface area contributed by atoms with Gasteiger partial charge in [0.2, 0.25) is 0 Å². The van der Waals surface area contributed by atoms with Crippen molar-refractivity contribution >= 4 is 5.78 Å². The molecule has 15 heavy (non-hydrogen) atoms. The van der Waals surface area contributed by atoms with Gasteiger partial charge in [-0.15, -0.1) is 6.58 Å². The normalized spacial score (nSPS) is 19.8. The maximum absolute atomic E-state index is 13.4. The topological polar surface area (TPSA) is 17.1 Å². The number of carbonyl (C=O) groups excluding carboxylic acids is 1. The number of carbonyl (C=O) groups is 1.